The minimum atomic E-state index is 0.854. The van der Waals surface area contributed by atoms with E-state index in [2.05, 4.69) is 60.1 Å². The molecule has 0 radical (unpaired) electrons. The molecule has 21 heavy (non-hydrogen) atoms. The molecule has 0 saturated carbocycles. The summed E-state index contributed by atoms with van der Waals surface area (Å²) in [6, 6.07) is 0. The molecule has 0 bridgehead atoms. The zero-order valence-electron chi connectivity index (χ0n) is 14.3. The summed E-state index contributed by atoms with van der Waals surface area (Å²) in [4.78, 5) is 11.6. The molecule has 5 heteroatoms. The van der Waals surface area contributed by atoms with Gasteiger partial charge in [0.15, 0.2) is 0 Å². The van der Waals surface area contributed by atoms with Gasteiger partial charge in [0.1, 0.15) is 17.5 Å². The largest absolute Gasteiger partial charge is 0.370 e. The van der Waals surface area contributed by atoms with E-state index in [1.54, 1.807) is 0 Å². The van der Waals surface area contributed by atoms with Crippen LogP contribution in [0.4, 0.5) is 11.6 Å². The first-order chi connectivity index (χ1) is 10.2. The minimum absolute atomic E-state index is 0.854. The fraction of sp³-hybridized carbons (Fsp3) is 0.750. The molecule has 0 saturated heterocycles. The van der Waals surface area contributed by atoms with Gasteiger partial charge >= 0.3 is 0 Å². The number of hydrogen-bond acceptors (Lipinski definition) is 5. The first-order valence-electron chi connectivity index (χ1n) is 8.23. The van der Waals surface area contributed by atoms with Crippen LogP contribution in [0.15, 0.2) is 0 Å². The smallest absolute Gasteiger partial charge is 0.134 e. The molecule has 1 aromatic heterocycles. The van der Waals surface area contributed by atoms with E-state index < -0.39 is 0 Å². The highest BCUT2D eigenvalue weighted by Crippen LogP contribution is 2.20. The number of nitrogens with one attached hydrogen (secondary N) is 2. The molecule has 5 nitrogen and oxygen atoms in total. The van der Waals surface area contributed by atoms with Crippen LogP contribution in [0.25, 0.3) is 0 Å². The molecule has 1 aromatic rings. The standard InChI is InChI=1S/C16H31N5/c1-6-14-19-15(17-7-2)13(5)16(20-14)18-11-10-12-21(8-3)9-4/h6-12H2,1-5H3,(H2,17,18,19,20). The molecule has 1 heterocycles. The Bertz CT molecular complexity index is 415. The van der Waals surface area contributed by atoms with Crippen molar-refractivity contribution < 1.29 is 0 Å². The summed E-state index contributed by atoms with van der Waals surface area (Å²) in [5, 5.41) is 6.79. The lowest BCUT2D eigenvalue weighted by atomic mass is 10.2. The molecule has 120 valence electrons. The average Bonchev–Trinajstić information content (AvgIpc) is 2.50. The molecule has 0 aromatic carbocycles. The highest BCUT2D eigenvalue weighted by molar-refractivity contribution is 5.57. The third kappa shape index (κ3) is 5.50. The normalized spacial score (nSPS) is 11.0. The molecule has 1 rings (SSSR count). The van der Waals surface area contributed by atoms with Gasteiger partial charge < -0.3 is 15.5 Å². The highest BCUT2D eigenvalue weighted by atomic mass is 15.1. The number of rotatable bonds is 10. The van der Waals surface area contributed by atoms with Crippen LogP contribution >= 0.6 is 0 Å². The van der Waals surface area contributed by atoms with Gasteiger partial charge in [0.25, 0.3) is 0 Å². The molecular weight excluding hydrogens is 262 g/mol. The van der Waals surface area contributed by atoms with E-state index in [4.69, 9.17) is 0 Å². The third-order valence-corrected chi connectivity index (χ3v) is 3.69. The van der Waals surface area contributed by atoms with Crippen LogP contribution in [-0.4, -0.2) is 47.6 Å². The van der Waals surface area contributed by atoms with Crippen molar-refractivity contribution in [2.45, 2.75) is 47.5 Å². The molecule has 0 spiro atoms. The fourth-order valence-electron chi connectivity index (χ4n) is 2.28. The monoisotopic (exact) mass is 293 g/mol. The van der Waals surface area contributed by atoms with Crippen LogP contribution in [0.3, 0.4) is 0 Å². The van der Waals surface area contributed by atoms with Gasteiger partial charge in [0.05, 0.1) is 0 Å². The van der Waals surface area contributed by atoms with Gasteiger partial charge in [-0.15, -0.1) is 0 Å². The summed E-state index contributed by atoms with van der Waals surface area (Å²) in [5.41, 5.74) is 1.11. The van der Waals surface area contributed by atoms with Crippen molar-refractivity contribution in [1.82, 2.24) is 14.9 Å². The molecule has 0 atom stereocenters. The van der Waals surface area contributed by atoms with Crippen molar-refractivity contribution in [1.29, 1.82) is 0 Å². The number of hydrogen-bond donors (Lipinski definition) is 2. The van der Waals surface area contributed by atoms with E-state index in [1.807, 2.05) is 0 Å². The number of aromatic nitrogens is 2. The Balaban J connectivity index is 2.63. The van der Waals surface area contributed by atoms with Gasteiger partial charge in [-0.05, 0) is 39.9 Å². The van der Waals surface area contributed by atoms with E-state index in [1.165, 1.54) is 0 Å². The van der Waals surface area contributed by atoms with E-state index in [9.17, 15) is 0 Å². The molecule has 2 N–H and O–H groups in total. The van der Waals surface area contributed by atoms with Crippen LogP contribution in [0.5, 0.6) is 0 Å². The Morgan fingerprint density at radius 1 is 0.952 bits per heavy atom. The van der Waals surface area contributed by atoms with Crippen molar-refractivity contribution in [3.05, 3.63) is 11.4 Å². The highest BCUT2D eigenvalue weighted by Gasteiger charge is 2.09. The van der Waals surface area contributed by atoms with Gasteiger partial charge in [-0.2, -0.15) is 0 Å². The maximum atomic E-state index is 4.61. The summed E-state index contributed by atoms with van der Waals surface area (Å²) in [5.74, 6) is 2.82. The van der Waals surface area contributed by atoms with Crippen molar-refractivity contribution in [2.24, 2.45) is 0 Å². The predicted molar refractivity (Wildman–Crippen MR) is 91.2 cm³/mol. The second-order valence-corrected chi connectivity index (χ2v) is 5.15. The lowest BCUT2D eigenvalue weighted by Gasteiger charge is -2.18. The van der Waals surface area contributed by atoms with Crippen LogP contribution in [-0.2, 0) is 6.42 Å². The van der Waals surface area contributed by atoms with Crippen LogP contribution in [0.2, 0.25) is 0 Å². The third-order valence-electron chi connectivity index (χ3n) is 3.69. The zero-order chi connectivity index (χ0) is 15.7. The van der Waals surface area contributed by atoms with Crippen molar-refractivity contribution in [2.75, 3.05) is 43.4 Å². The Labute approximate surface area is 129 Å². The molecule has 0 amide bonds. The van der Waals surface area contributed by atoms with Crippen LogP contribution in [0, 0.1) is 6.92 Å². The lowest BCUT2D eigenvalue weighted by molar-refractivity contribution is 0.303. The maximum Gasteiger partial charge on any atom is 0.134 e. The van der Waals surface area contributed by atoms with Gasteiger partial charge in [-0.3, -0.25) is 0 Å². The Hall–Kier alpha value is -1.36. The first-order valence-corrected chi connectivity index (χ1v) is 8.23. The summed E-state index contributed by atoms with van der Waals surface area (Å²) >= 11 is 0. The molecule has 0 aliphatic carbocycles. The summed E-state index contributed by atoms with van der Waals surface area (Å²) < 4.78 is 0. The van der Waals surface area contributed by atoms with Gasteiger partial charge in [0, 0.05) is 25.1 Å². The average molecular weight is 293 g/mol. The second-order valence-electron chi connectivity index (χ2n) is 5.15. The van der Waals surface area contributed by atoms with Crippen LogP contribution < -0.4 is 10.6 Å². The lowest BCUT2D eigenvalue weighted by Crippen LogP contribution is -2.25. The zero-order valence-corrected chi connectivity index (χ0v) is 14.3. The Kier molecular flexibility index (Phi) is 8.05. The van der Waals surface area contributed by atoms with Crippen molar-refractivity contribution in [3.8, 4) is 0 Å². The second kappa shape index (κ2) is 9.55. The Morgan fingerprint density at radius 2 is 1.57 bits per heavy atom. The van der Waals surface area contributed by atoms with E-state index >= 15 is 0 Å². The SMILES string of the molecule is CCNc1nc(CC)nc(NCCCN(CC)CC)c1C. The van der Waals surface area contributed by atoms with Gasteiger partial charge in [0.2, 0.25) is 0 Å². The molecular formula is C16H31N5. The van der Waals surface area contributed by atoms with Crippen molar-refractivity contribution >= 4 is 11.6 Å². The molecule has 0 aliphatic heterocycles. The molecule has 0 fully saturated rings. The number of nitrogens with zero attached hydrogens (tertiary/aromatic N) is 3. The predicted octanol–water partition coefficient (Wildman–Crippen LogP) is 2.92. The first kappa shape index (κ1) is 17.7. The van der Waals surface area contributed by atoms with E-state index in [0.717, 1.165) is 68.6 Å². The van der Waals surface area contributed by atoms with Crippen LogP contribution in [0.1, 0.15) is 45.5 Å². The fourth-order valence-corrected chi connectivity index (χ4v) is 2.28. The quantitative estimate of drug-likeness (QED) is 0.650. The van der Waals surface area contributed by atoms with Gasteiger partial charge in [-0.25, -0.2) is 9.97 Å². The molecule has 0 unspecified atom stereocenters. The van der Waals surface area contributed by atoms with E-state index in [0.29, 0.717) is 0 Å². The number of anilines is 2. The maximum absolute atomic E-state index is 4.61. The summed E-state index contributed by atoms with van der Waals surface area (Å²) in [7, 11) is 0. The topological polar surface area (TPSA) is 53.1 Å². The summed E-state index contributed by atoms with van der Waals surface area (Å²) in [6.07, 6.45) is 1.98. The van der Waals surface area contributed by atoms with Gasteiger partial charge in [-0.1, -0.05) is 20.8 Å². The van der Waals surface area contributed by atoms with E-state index in [-0.39, 0.29) is 0 Å². The Morgan fingerprint density at radius 3 is 2.10 bits per heavy atom. The molecule has 0 aliphatic rings. The van der Waals surface area contributed by atoms with Crippen molar-refractivity contribution in [3.63, 3.8) is 0 Å². The number of aryl methyl sites for hydroxylation is 1. The minimum Gasteiger partial charge on any atom is -0.370 e. The summed E-state index contributed by atoms with van der Waals surface area (Å²) in [6.45, 7) is 15.9.